The minimum Gasteiger partial charge on any atom is -0.457 e. The molecule has 47 heavy (non-hydrogen) atoms. The van der Waals surface area contributed by atoms with Crippen LogP contribution in [-0.2, 0) is 33.9 Å². The molecule has 2 saturated carbocycles. The van der Waals surface area contributed by atoms with Crippen LogP contribution in [0.15, 0.2) is 42.5 Å². The first-order chi connectivity index (χ1) is 22.2. The van der Waals surface area contributed by atoms with Gasteiger partial charge in [-0.25, -0.2) is 18.0 Å². The number of nitrogens with zero attached hydrogens (tertiary/aromatic N) is 1. The summed E-state index contributed by atoms with van der Waals surface area (Å²) < 4.78 is 38.7. The Morgan fingerprint density at radius 2 is 1.74 bits per heavy atom. The van der Waals surface area contributed by atoms with Crippen LogP contribution in [0.1, 0.15) is 88.9 Å². The van der Waals surface area contributed by atoms with Crippen molar-refractivity contribution < 1.29 is 41.9 Å². The van der Waals surface area contributed by atoms with E-state index in [4.69, 9.17) is 9.47 Å². The van der Waals surface area contributed by atoms with Gasteiger partial charge in [0.05, 0.1) is 17.4 Å². The predicted molar refractivity (Wildman–Crippen MR) is 170 cm³/mol. The highest BCUT2D eigenvalue weighted by atomic mass is 32.2. The Morgan fingerprint density at radius 3 is 2.43 bits per heavy atom. The van der Waals surface area contributed by atoms with Crippen LogP contribution in [0.3, 0.4) is 0 Å². The van der Waals surface area contributed by atoms with E-state index < -0.39 is 80.3 Å². The Morgan fingerprint density at radius 1 is 1.02 bits per heavy atom. The van der Waals surface area contributed by atoms with Crippen LogP contribution < -0.4 is 15.4 Å². The molecule has 0 bridgehead atoms. The molecule has 4 amide bonds. The van der Waals surface area contributed by atoms with Crippen molar-refractivity contribution >= 4 is 39.8 Å². The number of esters is 1. The summed E-state index contributed by atoms with van der Waals surface area (Å²) in [5.74, 6) is -3.11. The van der Waals surface area contributed by atoms with Gasteiger partial charge in [0.15, 0.2) is 0 Å². The van der Waals surface area contributed by atoms with Crippen LogP contribution >= 0.6 is 0 Å². The van der Waals surface area contributed by atoms with E-state index in [1.165, 1.54) is 4.90 Å². The number of hydrogen-bond acceptors (Lipinski definition) is 9. The maximum absolute atomic E-state index is 14.2. The highest BCUT2D eigenvalue weighted by Crippen LogP contribution is 2.46. The minimum absolute atomic E-state index is 0.0616. The van der Waals surface area contributed by atoms with Crippen LogP contribution in [0.2, 0.25) is 0 Å². The predicted octanol–water partition coefficient (Wildman–Crippen LogP) is 2.71. The summed E-state index contributed by atoms with van der Waals surface area (Å²) >= 11 is 0. The number of nitrogens with one attached hydrogen (secondary N) is 3. The maximum atomic E-state index is 14.2. The van der Waals surface area contributed by atoms with Crippen molar-refractivity contribution in [2.24, 2.45) is 5.92 Å². The van der Waals surface area contributed by atoms with Gasteiger partial charge in [0.2, 0.25) is 21.8 Å². The van der Waals surface area contributed by atoms with Crippen LogP contribution in [0.4, 0.5) is 4.79 Å². The molecule has 5 unspecified atom stereocenters. The number of fused-ring (bicyclic) bond motifs is 2. The van der Waals surface area contributed by atoms with E-state index in [1.807, 2.05) is 12.2 Å². The number of sulfonamides is 1. The Hall–Kier alpha value is -3.94. The van der Waals surface area contributed by atoms with Crippen molar-refractivity contribution in [1.82, 2.24) is 20.3 Å². The quantitative estimate of drug-likeness (QED) is 0.303. The number of ether oxygens (including phenoxy) is 2. The van der Waals surface area contributed by atoms with E-state index in [1.54, 1.807) is 51.1 Å². The smallest absolute Gasteiger partial charge is 0.408 e. The van der Waals surface area contributed by atoms with Crippen LogP contribution in [-0.4, -0.2) is 84.2 Å². The number of amides is 4. The van der Waals surface area contributed by atoms with Crippen LogP contribution in [0.5, 0.6) is 0 Å². The molecule has 0 radical (unpaired) electrons. The SMILES string of the molecule is CC(C)(C)OC(=O)NC1CCCCCC=CC2CC2(C(=O)NS(=O)(=O)C2CC2)NC(=O)C2CC(OC(=O)c3ccccc3)CN2C1=O. The second kappa shape index (κ2) is 13.7. The van der Waals surface area contributed by atoms with Crippen molar-refractivity contribution in [1.29, 1.82) is 0 Å². The molecule has 3 N–H and O–H groups in total. The number of benzene rings is 1. The zero-order valence-corrected chi connectivity index (χ0v) is 27.8. The van der Waals surface area contributed by atoms with Gasteiger partial charge in [-0.15, -0.1) is 0 Å². The van der Waals surface area contributed by atoms with Crippen molar-refractivity contribution in [3.8, 4) is 0 Å². The molecule has 5 atom stereocenters. The third-order valence-corrected chi connectivity index (χ3v) is 10.6. The van der Waals surface area contributed by atoms with Crippen LogP contribution in [0, 0.1) is 5.92 Å². The summed E-state index contributed by atoms with van der Waals surface area (Å²) in [5.41, 5.74) is -2.02. The third-order valence-electron chi connectivity index (χ3n) is 8.82. The number of carbonyl (C=O) groups excluding carboxylic acids is 5. The molecule has 13 nitrogen and oxygen atoms in total. The molecule has 0 aromatic heterocycles. The van der Waals surface area contributed by atoms with E-state index >= 15 is 0 Å². The molecule has 0 spiro atoms. The van der Waals surface area contributed by atoms with Crippen molar-refractivity contribution in [2.75, 3.05) is 6.54 Å². The first-order valence-corrected chi connectivity index (χ1v) is 17.8. The Labute approximate surface area is 275 Å². The lowest BCUT2D eigenvalue weighted by Crippen LogP contribution is -2.58. The molecule has 2 heterocycles. The van der Waals surface area contributed by atoms with E-state index in [0.29, 0.717) is 31.2 Å². The van der Waals surface area contributed by atoms with E-state index in [2.05, 4.69) is 15.4 Å². The monoisotopic (exact) mass is 672 g/mol. The number of rotatable bonds is 6. The Balaban J connectivity index is 1.42. The van der Waals surface area contributed by atoms with E-state index in [0.717, 1.165) is 12.8 Å². The normalized spacial score (nSPS) is 28.4. The molecule has 4 aliphatic rings. The first-order valence-electron chi connectivity index (χ1n) is 16.3. The molecule has 14 heteroatoms. The molecular formula is C33H44N4O9S. The van der Waals surface area contributed by atoms with Gasteiger partial charge in [-0.05, 0) is 71.4 Å². The zero-order chi connectivity index (χ0) is 34.0. The number of hydrogen-bond donors (Lipinski definition) is 3. The Kier molecular flexibility index (Phi) is 9.99. The maximum Gasteiger partial charge on any atom is 0.408 e. The van der Waals surface area contributed by atoms with Gasteiger partial charge in [0.1, 0.15) is 29.3 Å². The summed E-state index contributed by atoms with van der Waals surface area (Å²) in [4.78, 5) is 68.7. The van der Waals surface area contributed by atoms with Gasteiger partial charge < -0.3 is 25.0 Å². The minimum atomic E-state index is -3.89. The standard InChI is InChI=1S/C33H44N4O9S/c1-32(2,3)46-31(42)34-25-15-11-6-4-5-10-14-22-19-33(22,30(41)36-47(43,44)24-16-17-24)35-27(38)26-18-23(20-37(26)28(25)39)45-29(40)21-12-8-7-9-13-21/h7-10,12-14,22-26H,4-6,11,15-20H2,1-3H3,(H,34,42)(H,35,38)(H,36,41). The Bertz CT molecular complexity index is 1520. The average molecular weight is 673 g/mol. The fourth-order valence-electron chi connectivity index (χ4n) is 6.09. The molecule has 1 saturated heterocycles. The van der Waals surface area contributed by atoms with Gasteiger partial charge >= 0.3 is 12.1 Å². The molecular weight excluding hydrogens is 628 g/mol. The van der Waals surface area contributed by atoms with Gasteiger partial charge in [-0.1, -0.05) is 43.2 Å². The summed E-state index contributed by atoms with van der Waals surface area (Å²) in [6.07, 6.45) is 6.27. The van der Waals surface area contributed by atoms with Crippen LogP contribution in [0.25, 0.3) is 0 Å². The summed E-state index contributed by atoms with van der Waals surface area (Å²) in [5, 5.41) is 4.83. The molecule has 2 aliphatic heterocycles. The lowest BCUT2D eigenvalue weighted by molar-refractivity contribution is -0.141. The molecule has 5 rings (SSSR count). The second-order valence-corrected chi connectivity index (χ2v) is 15.8. The first kappa shape index (κ1) is 34.4. The molecule has 1 aromatic rings. The topological polar surface area (TPSA) is 177 Å². The van der Waals surface area contributed by atoms with Gasteiger partial charge in [0.25, 0.3) is 5.91 Å². The van der Waals surface area contributed by atoms with Gasteiger partial charge in [0, 0.05) is 12.3 Å². The molecule has 2 aliphatic carbocycles. The lowest BCUT2D eigenvalue weighted by atomic mass is 10.0. The summed E-state index contributed by atoms with van der Waals surface area (Å²) in [6.45, 7) is 4.99. The summed E-state index contributed by atoms with van der Waals surface area (Å²) in [7, 11) is -3.89. The molecule has 1 aromatic carbocycles. The third kappa shape index (κ3) is 8.51. The number of carbonyl (C=O) groups is 5. The van der Waals surface area contributed by atoms with Gasteiger partial charge in [-0.2, -0.15) is 0 Å². The fraction of sp³-hybridized carbons (Fsp3) is 0.606. The number of alkyl carbamates (subject to hydrolysis) is 1. The fourth-order valence-corrected chi connectivity index (χ4v) is 7.45. The van der Waals surface area contributed by atoms with Crippen molar-refractivity contribution in [3.05, 3.63) is 48.0 Å². The molecule has 256 valence electrons. The van der Waals surface area contributed by atoms with E-state index in [9.17, 15) is 32.4 Å². The molecule has 3 fully saturated rings. The number of allylic oxidation sites excluding steroid dienone is 1. The second-order valence-electron chi connectivity index (χ2n) is 13.8. The summed E-state index contributed by atoms with van der Waals surface area (Å²) in [6, 6.07) is 6.12. The zero-order valence-electron chi connectivity index (χ0n) is 27.0. The van der Waals surface area contributed by atoms with Crippen molar-refractivity contribution in [3.63, 3.8) is 0 Å². The van der Waals surface area contributed by atoms with Crippen molar-refractivity contribution in [2.45, 2.75) is 113 Å². The largest absolute Gasteiger partial charge is 0.457 e. The highest BCUT2D eigenvalue weighted by Gasteiger charge is 2.62. The lowest BCUT2D eigenvalue weighted by Gasteiger charge is -2.30. The highest BCUT2D eigenvalue weighted by molar-refractivity contribution is 7.91. The average Bonchev–Trinajstić information content (AvgIpc) is 3.92. The van der Waals surface area contributed by atoms with E-state index in [-0.39, 0.29) is 25.8 Å². The van der Waals surface area contributed by atoms with Gasteiger partial charge in [-0.3, -0.25) is 19.1 Å².